The topological polar surface area (TPSA) is 79.2 Å². The average Bonchev–Trinajstić information content (AvgIpc) is 3.06. The lowest BCUT2D eigenvalue weighted by molar-refractivity contribution is 0.163. The molecule has 0 radical (unpaired) electrons. The summed E-state index contributed by atoms with van der Waals surface area (Å²) in [6.45, 7) is 6.24. The van der Waals surface area contributed by atoms with Gasteiger partial charge in [0.15, 0.2) is 0 Å². The Bertz CT molecular complexity index is 640. The Balaban J connectivity index is 1.95. The molecule has 1 aromatic carbocycles. The van der Waals surface area contributed by atoms with Gasteiger partial charge in [-0.15, -0.1) is 0 Å². The maximum atomic E-state index is 12.1. The van der Waals surface area contributed by atoms with Gasteiger partial charge in [-0.3, -0.25) is 0 Å². The molecule has 0 bridgehead atoms. The summed E-state index contributed by atoms with van der Waals surface area (Å²) in [4.78, 5) is 12.1. The van der Waals surface area contributed by atoms with Crippen LogP contribution in [-0.4, -0.2) is 33.6 Å². The van der Waals surface area contributed by atoms with E-state index in [2.05, 4.69) is 15.7 Å². The maximum absolute atomic E-state index is 12.1. The molecule has 6 nitrogen and oxygen atoms in total. The van der Waals surface area contributed by atoms with E-state index in [1.54, 1.807) is 17.8 Å². The standard InChI is InChI=1S/C18H26N4O2/c1-13(11-14(2)23)12-19-18(24)21-15(3)16-7-4-5-8-17(16)22-10-6-9-20-22/h4-10,13-15,23H,11-12H2,1-3H3,(H2,19,21,24). The summed E-state index contributed by atoms with van der Waals surface area (Å²) >= 11 is 0. The second-order valence-electron chi connectivity index (χ2n) is 6.28. The van der Waals surface area contributed by atoms with Crippen LogP contribution in [0.15, 0.2) is 42.7 Å². The van der Waals surface area contributed by atoms with Gasteiger partial charge in [-0.2, -0.15) is 5.10 Å². The number of benzene rings is 1. The molecule has 0 spiro atoms. The number of para-hydroxylation sites is 1. The number of aliphatic hydroxyl groups is 1. The van der Waals surface area contributed by atoms with E-state index < -0.39 is 0 Å². The van der Waals surface area contributed by atoms with Crippen molar-refractivity contribution in [1.29, 1.82) is 0 Å². The molecule has 2 amide bonds. The summed E-state index contributed by atoms with van der Waals surface area (Å²) in [5, 5.41) is 19.4. The Morgan fingerprint density at radius 2 is 2.00 bits per heavy atom. The first-order valence-corrected chi connectivity index (χ1v) is 8.28. The molecule has 0 saturated heterocycles. The van der Waals surface area contributed by atoms with Gasteiger partial charge in [0.2, 0.25) is 0 Å². The number of amides is 2. The minimum Gasteiger partial charge on any atom is -0.393 e. The van der Waals surface area contributed by atoms with Crippen molar-refractivity contribution < 1.29 is 9.90 Å². The number of urea groups is 1. The molecule has 3 atom stereocenters. The molecular formula is C18H26N4O2. The van der Waals surface area contributed by atoms with Crippen LogP contribution in [0.1, 0.15) is 38.8 Å². The van der Waals surface area contributed by atoms with Crippen LogP contribution in [-0.2, 0) is 0 Å². The van der Waals surface area contributed by atoms with Crippen LogP contribution < -0.4 is 10.6 Å². The number of carbonyl (C=O) groups is 1. The summed E-state index contributed by atoms with van der Waals surface area (Å²) in [5.74, 6) is 0.224. The Morgan fingerprint density at radius 1 is 1.25 bits per heavy atom. The van der Waals surface area contributed by atoms with E-state index in [1.807, 2.05) is 50.4 Å². The second kappa shape index (κ2) is 8.49. The molecule has 1 heterocycles. The number of carbonyl (C=O) groups excluding carboxylic acids is 1. The van der Waals surface area contributed by atoms with E-state index in [0.29, 0.717) is 13.0 Å². The second-order valence-corrected chi connectivity index (χ2v) is 6.28. The highest BCUT2D eigenvalue weighted by molar-refractivity contribution is 5.74. The number of aliphatic hydroxyl groups excluding tert-OH is 1. The van der Waals surface area contributed by atoms with Crippen molar-refractivity contribution in [3.8, 4) is 5.69 Å². The highest BCUT2D eigenvalue weighted by atomic mass is 16.3. The zero-order chi connectivity index (χ0) is 17.5. The number of rotatable bonds is 7. The molecule has 130 valence electrons. The monoisotopic (exact) mass is 330 g/mol. The van der Waals surface area contributed by atoms with Crippen LogP contribution in [0.3, 0.4) is 0 Å². The summed E-state index contributed by atoms with van der Waals surface area (Å²) in [5.41, 5.74) is 1.94. The van der Waals surface area contributed by atoms with Crippen LogP contribution in [0.5, 0.6) is 0 Å². The van der Waals surface area contributed by atoms with Crippen LogP contribution in [0.4, 0.5) is 4.79 Å². The molecule has 0 saturated carbocycles. The normalized spacial score (nSPS) is 14.7. The van der Waals surface area contributed by atoms with Crippen LogP contribution in [0.2, 0.25) is 0 Å². The van der Waals surface area contributed by atoms with Crippen molar-refractivity contribution in [2.24, 2.45) is 5.92 Å². The Morgan fingerprint density at radius 3 is 2.67 bits per heavy atom. The fraction of sp³-hybridized carbons (Fsp3) is 0.444. The lowest BCUT2D eigenvalue weighted by Gasteiger charge is -2.20. The molecule has 0 aliphatic heterocycles. The molecule has 24 heavy (non-hydrogen) atoms. The molecule has 6 heteroatoms. The Labute approximate surface area is 142 Å². The smallest absolute Gasteiger partial charge is 0.315 e. The third-order valence-electron chi connectivity index (χ3n) is 3.86. The van der Waals surface area contributed by atoms with Crippen molar-refractivity contribution >= 4 is 6.03 Å². The van der Waals surface area contributed by atoms with Gasteiger partial charge in [-0.25, -0.2) is 9.48 Å². The van der Waals surface area contributed by atoms with Crippen molar-refractivity contribution in [1.82, 2.24) is 20.4 Å². The van der Waals surface area contributed by atoms with Crippen molar-refractivity contribution in [2.45, 2.75) is 39.3 Å². The van der Waals surface area contributed by atoms with E-state index in [0.717, 1.165) is 11.3 Å². The first-order valence-electron chi connectivity index (χ1n) is 8.28. The molecule has 2 aromatic rings. The SMILES string of the molecule is CC(O)CC(C)CNC(=O)NC(C)c1ccccc1-n1cccn1. The van der Waals surface area contributed by atoms with Gasteiger partial charge in [0.25, 0.3) is 0 Å². The highest BCUT2D eigenvalue weighted by Crippen LogP contribution is 2.20. The molecule has 0 fully saturated rings. The third-order valence-corrected chi connectivity index (χ3v) is 3.86. The minimum absolute atomic E-state index is 0.155. The summed E-state index contributed by atoms with van der Waals surface area (Å²) in [6, 6.07) is 9.35. The van der Waals surface area contributed by atoms with E-state index >= 15 is 0 Å². The van der Waals surface area contributed by atoms with E-state index in [1.165, 1.54) is 0 Å². The highest BCUT2D eigenvalue weighted by Gasteiger charge is 2.15. The van der Waals surface area contributed by atoms with Gasteiger partial charge in [0, 0.05) is 18.9 Å². The number of aromatic nitrogens is 2. The summed E-state index contributed by atoms with van der Waals surface area (Å²) < 4.78 is 1.79. The minimum atomic E-state index is -0.357. The van der Waals surface area contributed by atoms with E-state index in [4.69, 9.17) is 0 Å². The Kier molecular flexibility index (Phi) is 6.37. The molecule has 3 unspecified atom stereocenters. The van der Waals surface area contributed by atoms with Gasteiger partial charge >= 0.3 is 6.03 Å². The predicted octanol–water partition coefficient (Wildman–Crippen LogP) is 2.64. The van der Waals surface area contributed by atoms with E-state index in [9.17, 15) is 9.90 Å². The van der Waals surface area contributed by atoms with Crippen LogP contribution >= 0.6 is 0 Å². The first-order chi connectivity index (χ1) is 11.5. The van der Waals surface area contributed by atoms with Crippen molar-refractivity contribution in [3.05, 3.63) is 48.3 Å². The largest absolute Gasteiger partial charge is 0.393 e. The summed E-state index contributed by atoms with van der Waals surface area (Å²) in [7, 11) is 0. The molecule has 0 aliphatic carbocycles. The van der Waals surface area contributed by atoms with Crippen molar-refractivity contribution in [2.75, 3.05) is 6.54 Å². The van der Waals surface area contributed by atoms with E-state index in [-0.39, 0.29) is 24.1 Å². The van der Waals surface area contributed by atoms with Crippen LogP contribution in [0, 0.1) is 5.92 Å². The maximum Gasteiger partial charge on any atom is 0.315 e. The third kappa shape index (κ3) is 5.09. The number of nitrogens with zero attached hydrogens (tertiary/aromatic N) is 2. The van der Waals surface area contributed by atoms with Crippen molar-refractivity contribution in [3.63, 3.8) is 0 Å². The molecule has 0 aliphatic rings. The van der Waals surface area contributed by atoms with Gasteiger partial charge in [0.05, 0.1) is 17.8 Å². The zero-order valence-electron chi connectivity index (χ0n) is 14.4. The number of hydrogen-bond donors (Lipinski definition) is 3. The number of hydrogen-bond acceptors (Lipinski definition) is 3. The molecule has 3 N–H and O–H groups in total. The molecule has 2 rings (SSSR count). The molecular weight excluding hydrogens is 304 g/mol. The zero-order valence-corrected chi connectivity index (χ0v) is 14.4. The Hall–Kier alpha value is -2.34. The fourth-order valence-electron chi connectivity index (χ4n) is 2.73. The lowest BCUT2D eigenvalue weighted by Crippen LogP contribution is -2.39. The lowest BCUT2D eigenvalue weighted by atomic mass is 10.0. The van der Waals surface area contributed by atoms with Gasteiger partial charge < -0.3 is 15.7 Å². The average molecular weight is 330 g/mol. The van der Waals surface area contributed by atoms with Gasteiger partial charge in [-0.05, 0) is 43.9 Å². The van der Waals surface area contributed by atoms with Crippen LogP contribution in [0.25, 0.3) is 5.69 Å². The van der Waals surface area contributed by atoms with Gasteiger partial charge in [-0.1, -0.05) is 25.1 Å². The molecule has 1 aromatic heterocycles. The number of nitrogens with one attached hydrogen (secondary N) is 2. The first kappa shape index (κ1) is 18.0. The quantitative estimate of drug-likeness (QED) is 0.730. The predicted molar refractivity (Wildman–Crippen MR) is 94.0 cm³/mol. The summed E-state index contributed by atoms with van der Waals surface area (Å²) in [6.07, 6.45) is 3.91. The fourth-order valence-corrected chi connectivity index (χ4v) is 2.73. The van der Waals surface area contributed by atoms with Gasteiger partial charge in [0.1, 0.15) is 0 Å².